The normalized spacial score (nSPS) is 15.2. The van der Waals surface area contributed by atoms with Crippen molar-refractivity contribution in [2.24, 2.45) is 5.73 Å². The van der Waals surface area contributed by atoms with Crippen molar-refractivity contribution in [1.82, 2.24) is 9.47 Å². The van der Waals surface area contributed by atoms with Crippen LogP contribution in [0.3, 0.4) is 0 Å². The topological polar surface area (TPSA) is 72.8 Å². The molecule has 0 atom stereocenters. The molecule has 1 aliphatic heterocycles. The zero-order valence-electron chi connectivity index (χ0n) is 14.9. The Hall–Kier alpha value is -2.03. The highest BCUT2D eigenvalue weighted by Crippen LogP contribution is 2.14. The molecule has 2 aromatic heterocycles. The lowest BCUT2D eigenvalue weighted by atomic mass is 10.1. The van der Waals surface area contributed by atoms with Crippen LogP contribution in [0.4, 0.5) is 0 Å². The minimum Gasteiger partial charge on any atom is -0.365 e. The molecule has 138 valence electrons. The molecule has 0 bridgehead atoms. The second-order valence-electron chi connectivity index (χ2n) is 6.62. The van der Waals surface area contributed by atoms with E-state index in [1.165, 1.54) is 16.2 Å². The average Bonchev–Trinajstić information content (AvgIpc) is 3.12. The van der Waals surface area contributed by atoms with Gasteiger partial charge in [-0.25, -0.2) is 0 Å². The van der Waals surface area contributed by atoms with Crippen molar-refractivity contribution in [2.45, 2.75) is 20.5 Å². The third-order valence-electron chi connectivity index (χ3n) is 4.82. The summed E-state index contributed by atoms with van der Waals surface area (Å²) in [6.07, 6.45) is 0. The van der Waals surface area contributed by atoms with E-state index in [9.17, 15) is 9.59 Å². The highest BCUT2D eigenvalue weighted by molar-refractivity contribution is 7.71. The molecule has 0 unspecified atom stereocenters. The van der Waals surface area contributed by atoms with Gasteiger partial charge < -0.3 is 15.5 Å². The number of primary amides is 1. The van der Waals surface area contributed by atoms with Gasteiger partial charge in [-0.2, -0.15) is 0 Å². The maximum Gasteiger partial charge on any atom is 0.264 e. The molecular weight excluding hydrogens is 368 g/mol. The number of nitrogens with one attached hydrogen (secondary N) is 1. The summed E-state index contributed by atoms with van der Waals surface area (Å²) in [6, 6.07) is 5.72. The van der Waals surface area contributed by atoms with Crippen LogP contribution in [0.1, 0.15) is 31.3 Å². The molecule has 3 rings (SSSR count). The first-order chi connectivity index (χ1) is 12.4. The summed E-state index contributed by atoms with van der Waals surface area (Å²) in [5.41, 5.74) is 7.76. The van der Waals surface area contributed by atoms with Crippen LogP contribution in [0, 0.1) is 18.5 Å². The van der Waals surface area contributed by atoms with Gasteiger partial charge in [0.2, 0.25) is 0 Å². The maximum absolute atomic E-state index is 12.4. The van der Waals surface area contributed by atoms with Crippen LogP contribution < -0.4 is 10.6 Å². The summed E-state index contributed by atoms with van der Waals surface area (Å²) in [4.78, 5) is 28.2. The van der Waals surface area contributed by atoms with Crippen LogP contribution in [-0.2, 0) is 6.67 Å². The molecule has 0 saturated carbocycles. The van der Waals surface area contributed by atoms with E-state index in [4.69, 9.17) is 18.0 Å². The number of aromatic nitrogens is 1. The lowest BCUT2D eigenvalue weighted by molar-refractivity contribution is -0.926. The SMILES string of the molecule is Cc1cc(C)n(C[NH+]2CCN(C(=O)c3cccs3)CC2)c(=S)c1C(N)=O. The first-order valence-electron chi connectivity index (χ1n) is 8.55. The largest absolute Gasteiger partial charge is 0.365 e. The second kappa shape index (κ2) is 7.69. The standard InChI is InChI=1S/C18H22N4O2S2/c1-12-10-13(2)22(18(25)15(12)16(19)23)11-20-5-7-21(8-6-20)17(24)14-4-3-9-26-14/h3-4,9-10H,5-8,11H2,1-2H3,(H2,19,23)/p+1. The fraction of sp³-hybridized carbons (Fsp3) is 0.389. The van der Waals surface area contributed by atoms with Crippen LogP contribution in [0.25, 0.3) is 0 Å². The molecule has 1 saturated heterocycles. The predicted molar refractivity (Wildman–Crippen MR) is 104 cm³/mol. The monoisotopic (exact) mass is 391 g/mol. The van der Waals surface area contributed by atoms with Crippen molar-refractivity contribution in [2.75, 3.05) is 26.2 Å². The van der Waals surface area contributed by atoms with E-state index in [-0.39, 0.29) is 5.91 Å². The molecule has 0 aliphatic carbocycles. The van der Waals surface area contributed by atoms with Crippen molar-refractivity contribution in [3.05, 3.63) is 49.9 Å². The number of amides is 2. The van der Waals surface area contributed by atoms with Gasteiger partial charge in [-0.05, 0) is 36.9 Å². The number of carbonyl (C=O) groups excluding carboxylic acids is 2. The molecule has 6 nitrogen and oxygen atoms in total. The minimum absolute atomic E-state index is 0.109. The van der Waals surface area contributed by atoms with E-state index >= 15 is 0 Å². The number of piperazine rings is 1. The van der Waals surface area contributed by atoms with Crippen LogP contribution in [0.15, 0.2) is 23.6 Å². The van der Waals surface area contributed by atoms with Crippen molar-refractivity contribution < 1.29 is 14.5 Å². The minimum atomic E-state index is -0.484. The van der Waals surface area contributed by atoms with Gasteiger partial charge in [0.05, 0.1) is 36.6 Å². The molecule has 1 fully saturated rings. The fourth-order valence-corrected chi connectivity index (χ4v) is 4.55. The van der Waals surface area contributed by atoms with Gasteiger partial charge in [-0.3, -0.25) is 14.2 Å². The summed E-state index contributed by atoms with van der Waals surface area (Å²) in [5, 5.41) is 1.92. The third-order valence-corrected chi connectivity index (χ3v) is 6.10. The number of hydrogen-bond donors (Lipinski definition) is 2. The number of rotatable bonds is 4. The maximum atomic E-state index is 12.4. The smallest absolute Gasteiger partial charge is 0.264 e. The molecule has 26 heavy (non-hydrogen) atoms. The molecule has 2 aromatic rings. The Morgan fingerprint density at radius 3 is 2.58 bits per heavy atom. The lowest BCUT2D eigenvalue weighted by Crippen LogP contribution is -3.14. The Morgan fingerprint density at radius 2 is 2.00 bits per heavy atom. The molecule has 0 spiro atoms. The molecule has 3 N–H and O–H groups in total. The first-order valence-corrected chi connectivity index (χ1v) is 9.84. The lowest BCUT2D eigenvalue weighted by Gasteiger charge is -2.32. The quantitative estimate of drug-likeness (QED) is 0.764. The average molecular weight is 392 g/mol. The van der Waals surface area contributed by atoms with Crippen molar-refractivity contribution in [3.63, 3.8) is 0 Å². The van der Waals surface area contributed by atoms with E-state index in [0.717, 1.165) is 29.2 Å². The third kappa shape index (κ3) is 3.72. The van der Waals surface area contributed by atoms with Crippen LogP contribution in [0.2, 0.25) is 0 Å². The van der Waals surface area contributed by atoms with Gasteiger partial charge in [0.15, 0.2) is 6.67 Å². The predicted octanol–water partition coefficient (Wildman–Crippen LogP) is 0.993. The highest BCUT2D eigenvalue weighted by Gasteiger charge is 2.25. The zero-order chi connectivity index (χ0) is 18.8. The van der Waals surface area contributed by atoms with Gasteiger partial charge in [0.25, 0.3) is 11.8 Å². The number of aryl methyl sites for hydroxylation is 2. The van der Waals surface area contributed by atoms with Gasteiger partial charge in [0.1, 0.15) is 4.64 Å². The van der Waals surface area contributed by atoms with E-state index in [1.807, 2.05) is 46.9 Å². The van der Waals surface area contributed by atoms with Crippen LogP contribution in [0.5, 0.6) is 0 Å². The molecule has 1 aliphatic rings. The summed E-state index contributed by atoms with van der Waals surface area (Å²) in [5.74, 6) is -0.374. The number of nitrogens with two attached hydrogens (primary N) is 1. The summed E-state index contributed by atoms with van der Waals surface area (Å²) >= 11 is 6.99. The second-order valence-corrected chi connectivity index (χ2v) is 7.95. The zero-order valence-corrected chi connectivity index (χ0v) is 16.6. The van der Waals surface area contributed by atoms with Gasteiger partial charge in [0, 0.05) is 5.69 Å². The number of carbonyl (C=O) groups is 2. The van der Waals surface area contributed by atoms with E-state index in [0.29, 0.717) is 30.0 Å². The van der Waals surface area contributed by atoms with E-state index in [1.54, 1.807) is 0 Å². The van der Waals surface area contributed by atoms with E-state index in [2.05, 4.69) is 0 Å². The Balaban J connectivity index is 1.70. The number of quaternary nitrogens is 1. The Labute approximate surface area is 161 Å². The molecule has 2 amide bonds. The summed E-state index contributed by atoms with van der Waals surface area (Å²) in [6.45, 7) is 7.64. The van der Waals surface area contributed by atoms with Gasteiger partial charge >= 0.3 is 0 Å². The molecular formula is C18H23N4O2S2+. The Bertz CT molecular complexity index is 881. The molecule has 8 heteroatoms. The van der Waals surface area contributed by atoms with Gasteiger partial charge in [-0.1, -0.05) is 18.3 Å². The summed E-state index contributed by atoms with van der Waals surface area (Å²) < 4.78 is 2.48. The van der Waals surface area contributed by atoms with Crippen LogP contribution >= 0.6 is 23.6 Å². The summed E-state index contributed by atoms with van der Waals surface area (Å²) in [7, 11) is 0. The highest BCUT2D eigenvalue weighted by atomic mass is 32.1. The van der Waals surface area contributed by atoms with Crippen molar-refractivity contribution in [1.29, 1.82) is 0 Å². The molecule has 3 heterocycles. The Kier molecular flexibility index (Phi) is 5.55. The first kappa shape index (κ1) is 18.8. The fourth-order valence-electron chi connectivity index (χ4n) is 3.39. The van der Waals surface area contributed by atoms with Gasteiger partial charge in [-0.15, -0.1) is 11.3 Å². The number of hydrogen-bond acceptors (Lipinski definition) is 4. The molecule has 0 radical (unpaired) electrons. The number of pyridine rings is 1. The molecule has 0 aromatic carbocycles. The van der Waals surface area contributed by atoms with Crippen molar-refractivity contribution in [3.8, 4) is 0 Å². The van der Waals surface area contributed by atoms with E-state index < -0.39 is 5.91 Å². The Morgan fingerprint density at radius 1 is 1.31 bits per heavy atom. The van der Waals surface area contributed by atoms with Crippen molar-refractivity contribution >= 4 is 35.4 Å². The number of thiophene rings is 1. The van der Waals surface area contributed by atoms with Crippen LogP contribution in [-0.4, -0.2) is 47.5 Å². The number of nitrogens with zero attached hydrogens (tertiary/aromatic N) is 2.